The fraction of sp³-hybridized carbons (Fsp3) is 0.935. The van der Waals surface area contributed by atoms with Crippen LogP contribution < -0.4 is 5.32 Å². The average Bonchev–Trinajstić information content (AvgIpc) is 3.70. The molecule has 1 heterocycles. The summed E-state index contributed by atoms with van der Waals surface area (Å²) in [4.78, 5) is 42.8. The van der Waals surface area contributed by atoms with Crippen LogP contribution in [0.2, 0.25) is 0 Å². The van der Waals surface area contributed by atoms with Crippen molar-refractivity contribution in [3.8, 4) is 0 Å². The van der Waals surface area contributed by atoms with Crippen LogP contribution in [0.15, 0.2) is 0 Å². The topological polar surface area (TPSA) is 95.9 Å². The van der Waals surface area contributed by atoms with Crippen LogP contribution in [-0.2, 0) is 19.1 Å². The van der Waals surface area contributed by atoms with Crippen LogP contribution in [0.3, 0.4) is 0 Å². The third-order valence-corrected chi connectivity index (χ3v) is 19.1. The van der Waals surface area contributed by atoms with E-state index in [-0.39, 0.29) is 50.6 Å². The molecule has 0 unspecified atom stereocenters. The molecule has 7 aliphatic rings. The second-order valence-electron chi connectivity index (χ2n) is 22.9. The van der Waals surface area contributed by atoms with Crippen LogP contribution in [0.25, 0.3) is 0 Å². The van der Waals surface area contributed by atoms with Crippen molar-refractivity contribution in [2.24, 2.45) is 79.8 Å². The third kappa shape index (κ3) is 5.81. The number of likely N-dealkylation sites (tertiary alicyclic amines) is 1. The number of carboxylic acids is 1. The van der Waals surface area contributed by atoms with Crippen molar-refractivity contribution in [2.45, 2.75) is 171 Å². The summed E-state index contributed by atoms with van der Waals surface area (Å²) < 4.78 is 6.45. The van der Waals surface area contributed by atoms with Gasteiger partial charge in [0.05, 0.1) is 17.3 Å². The van der Waals surface area contributed by atoms with E-state index < -0.39 is 17.3 Å². The van der Waals surface area contributed by atoms with E-state index in [0.29, 0.717) is 47.8 Å². The van der Waals surface area contributed by atoms with E-state index in [9.17, 15) is 19.5 Å². The Morgan fingerprint density at radius 1 is 0.792 bits per heavy atom. The first-order valence-corrected chi connectivity index (χ1v) is 22.0. The average molecular weight is 737 g/mol. The Morgan fingerprint density at radius 2 is 1.47 bits per heavy atom. The fourth-order valence-corrected chi connectivity index (χ4v) is 15.9. The summed E-state index contributed by atoms with van der Waals surface area (Å²) >= 11 is 0. The lowest BCUT2D eigenvalue weighted by atomic mass is 9.32. The summed E-state index contributed by atoms with van der Waals surface area (Å²) in [6, 6.07) is 0. The molecular weight excluding hydrogens is 661 g/mol. The van der Waals surface area contributed by atoms with E-state index in [1.54, 1.807) is 0 Å². The highest BCUT2D eigenvalue weighted by atomic mass is 16.5. The molecule has 6 saturated carbocycles. The van der Waals surface area contributed by atoms with Crippen molar-refractivity contribution in [1.82, 2.24) is 10.2 Å². The molecule has 7 heteroatoms. The number of fused-ring (bicyclic) bond motifs is 7. The van der Waals surface area contributed by atoms with Gasteiger partial charge in [0, 0.05) is 17.5 Å². The van der Waals surface area contributed by atoms with Crippen molar-refractivity contribution in [2.75, 3.05) is 19.6 Å². The molecule has 1 aliphatic heterocycles. The van der Waals surface area contributed by atoms with Gasteiger partial charge in [-0.25, -0.2) is 0 Å². The van der Waals surface area contributed by atoms with Gasteiger partial charge in [0.2, 0.25) is 5.91 Å². The Bertz CT molecular complexity index is 1460. The monoisotopic (exact) mass is 737 g/mol. The number of carbonyl (C=O) groups is 3. The molecule has 0 aromatic carbocycles. The number of esters is 1. The minimum Gasteiger partial charge on any atom is -0.481 e. The highest BCUT2D eigenvalue weighted by Crippen LogP contribution is 2.77. The first kappa shape index (κ1) is 39.6. The number of nitrogens with one attached hydrogen (secondary N) is 1. The lowest BCUT2D eigenvalue weighted by molar-refractivity contribution is -0.252. The van der Waals surface area contributed by atoms with E-state index in [4.69, 9.17) is 4.74 Å². The van der Waals surface area contributed by atoms with E-state index in [1.165, 1.54) is 38.5 Å². The molecule has 53 heavy (non-hydrogen) atoms. The number of ether oxygens (including phenoxy) is 1. The van der Waals surface area contributed by atoms with Gasteiger partial charge in [0.15, 0.2) is 0 Å². The van der Waals surface area contributed by atoms with Gasteiger partial charge >= 0.3 is 11.9 Å². The Balaban J connectivity index is 1.12. The summed E-state index contributed by atoms with van der Waals surface area (Å²) in [5, 5.41) is 13.4. The van der Waals surface area contributed by atoms with Crippen LogP contribution in [0.5, 0.6) is 0 Å². The van der Waals surface area contributed by atoms with Crippen molar-refractivity contribution in [1.29, 1.82) is 0 Å². The summed E-state index contributed by atoms with van der Waals surface area (Å²) in [7, 11) is 0. The molecule has 7 rings (SSSR count). The second kappa shape index (κ2) is 12.9. The predicted octanol–water partition coefficient (Wildman–Crippen LogP) is 9.37. The first-order chi connectivity index (χ1) is 24.5. The summed E-state index contributed by atoms with van der Waals surface area (Å²) in [6.07, 6.45) is 13.9. The number of carbonyl (C=O) groups excluding carboxylic acids is 2. The Labute approximate surface area is 322 Å². The van der Waals surface area contributed by atoms with Gasteiger partial charge in [0.1, 0.15) is 6.10 Å². The number of hydrogen-bond acceptors (Lipinski definition) is 5. The van der Waals surface area contributed by atoms with E-state index in [1.807, 2.05) is 13.8 Å². The summed E-state index contributed by atoms with van der Waals surface area (Å²) in [6.45, 7) is 29.1. The minimum atomic E-state index is -0.807. The van der Waals surface area contributed by atoms with Gasteiger partial charge in [-0.3, -0.25) is 14.4 Å². The number of carboxylic acid groups (broad SMARTS) is 1. The van der Waals surface area contributed by atoms with E-state index in [0.717, 1.165) is 58.2 Å². The SMILES string of the molecule is CC(C)[C@@H]1CC[C@]2(C(=O)NC(C)(C)CN3CCCC3)CC[C@]3(C)[C@H](CC[C@@H]4[C@@]5(C)CC[C@H](OC(=O)[C@H]6C[C@@H](C(=O)O)C6(C)C)C(C)(C)[C@@H]5CC[C@]43C)[C@@H]12. The van der Waals surface area contributed by atoms with Crippen molar-refractivity contribution in [3.05, 3.63) is 0 Å². The molecule has 7 fully saturated rings. The van der Waals surface area contributed by atoms with Gasteiger partial charge in [-0.05, 0) is 168 Å². The summed E-state index contributed by atoms with van der Waals surface area (Å²) in [5.74, 6) is 1.77. The van der Waals surface area contributed by atoms with Crippen LogP contribution in [0.4, 0.5) is 0 Å². The number of nitrogens with zero attached hydrogens (tertiary/aromatic N) is 1. The fourth-order valence-electron chi connectivity index (χ4n) is 15.9. The standard InChI is InChI=1S/C46H76N2O5/c1-28(2)29-16-21-46(39(52)47-40(3,4)27-48-24-12-13-25-48)23-22-44(10)30(36(29)46)14-15-34-43(9)19-18-35(42(7,8)33(43)17-20-45(34,44)11)53-38(51)32-26-31(37(49)50)41(32,5)6/h28-36H,12-27H2,1-11H3,(H,47,52)(H,49,50)/t29-,30+,31-,32+,33-,34+,35-,36+,43-,44+,45+,46-/m0/s1. The van der Waals surface area contributed by atoms with Gasteiger partial charge < -0.3 is 20.1 Å². The number of hydrogen-bond donors (Lipinski definition) is 2. The molecule has 300 valence electrons. The molecule has 2 N–H and O–H groups in total. The number of aliphatic carboxylic acids is 1. The molecule has 0 radical (unpaired) electrons. The number of rotatable bonds is 8. The third-order valence-electron chi connectivity index (χ3n) is 19.1. The molecule has 1 saturated heterocycles. The quantitative estimate of drug-likeness (QED) is 0.241. The molecule has 0 aromatic rings. The molecule has 12 atom stereocenters. The van der Waals surface area contributed by atoms with Crippen LogP contribution >= 0.6 is 0 Å². The number of amides is 1. The van der Waals surface area contributed by atoms with E-state index >= 15 is 0 Å². The maximum Gasteiger partial charge on any atom is 0.309 e. The zero-order valence-corrected chi connectivity index (χ0v) is 35.5. The Kier molecular flexibility index (Phi) is 9.68. The highest BCUT2D eigenvalue weighted by molar-refractivity contribution is 5.84. The highest BCUT2D eigenvalue weighted by Gasteiger charge is 2.72. The lowest BCUT2D eigenvalue weighted by Gasteiger charge is -2.73. The molecule has 0 aromatic heterocycles. The zero-order valence-electron chi connectivity index (χ0n) is 35.5. The normalized spacial score (nSPS) is 46.0. The van der Waals surface area contributed by atoms with Crippen LogP contribution in [-0.4, -0.2) is 59.1 Å². The zero-order chi connectivity index (χ0) is 38.7. The lowest BCUT2D eigenvalue weighted by Crippen LogP contribution is -2.68. The maximum atomic E-state index is 14.9. The Morgan fingerprint density at radius 3 is 2.09 bits per heavy atom. The summed E-state index contributed by atoms with van der Waals surface area (Å²) in [5.41, 5.74) is -0.673. The van der Waals surface area contributed by atoms with Gasteiger partial charge in [-0.15, -0.1) is 0 Å². The molecule has 7 nitrogen and oxygen atoms in total. The Hall–Kier alpha value is -1.63. The molecule has 6 aliphatic carbocycles. The van der Waals surface area contributed by atoms with Gasteiger partial charge in [0.25, 0.3) is 0 Å². The van der Waals surface area contributed by atoms with Crippen LogP contribution in [0.1, 0.15) is 160 Å². The van der Waals surface area contributed by atoms with Crippen molar-refractivity contribution < 1.29 is 24.2 Å². The van der Waals surface area contributed by atoms with E-state index in [2.05, 4.69) is 72.5 Å². The molecule has 0 spiro atoms. The largest absolute Gasteiger partial charge is 0.481 e. The molecule has 0 bridgehead atoms. The second-order valence-corrected chi connectivity index (χ2v) is 22.9. The van der Waals surface area contributed by atoms with Gasteiger partial charge in [-0.2, -0.15) is 0 Å². The molecular formula is C46H76N2O5. The maximum absolute atomic E-state index is 14.9. The van der Waals surface area contributed by atoms with Gasteiger partial charge in [-0.1, -0.05) is 62.3 Å². The van der Waals surface area contributed by atoms with Crippen molar-refractivity contribution in [3.63, 3.8) is 0 Å². The first-order valence-electron chi connectivity index (χ1n) is 22.0. The smallest absolute Gasteiger partial charge is 0.309 e. The van der Waals surface area contributed by atoms with Crippen LogP contribution in [0, 0.1) is 79.8 Å². The van der Waals surface area contributed by atoms with Crippen molar-refractivity contribution >= 4 is 17.8 Å². The molecule has 1 amide bonds. The predicted molar refractivity (Wildman–Crippen MR) is 210 cm³/mol. The minimum absolute atomic E-state index is 0.141.